The highest BCUT2D eigenvalue weighted by Gasteiger charge is 2.17. The second-order valence-corrected chi connectivity index (χ2v) is 5.48. The third kappa shape index (κ3) is 4.91. The van der Waals surface area contributed by atoms with E-state index >= 15 is 0 Å². The van der Waals surface area contributed by atoms with Gasteiger partial charge in [0.25, 0.3) is 0 Å². The van der Waals surface area contributed by atoms with E-state index in [0.29, 0.717) is 5.56 Å². The SMILES string of the molecule is COC(=O)c1ccc(CC(=O)OC(C)(C)C)cc1Cl. The molecular formula is C14H17ClO4. The summed E-state index contributed by atoms with van der Waals surface area (Å²) in [7, 11) is 1.28. The fraction of sp³-hybridized carbons (Fsp3) is 0.429. The molecule has 0 atom stereocenters. The lowest BCUT2D eigenvalue weighted by Gasteiger charge is -2.19. The van der Waals surface area contributed by atoms with Gasteiger partial charge in [-0.1, -0.05) is 17.7 Å². The Morgan fingerprint density at radius 2 is 1.89 bits per heavy atom. The first-order chi connectivity index (χ1) is 8.73. The zero-order valence-electron chi connectivity index (χ0n) is 11.5. The van der Waals surface area contributed by atoms with Crippen LogP contribution in [0.1, 0.15) is 36.7 Å². The maximum Gasteiger partial charge on any atom is 0.339 e. The topological polar surface area (TPSA) is 52.6 Å². The molecule has 0 N–H and O–H groups in total. The minimum atomic E-state index is -0.521. The number of benzene rings is 1. The summed E-state index contributed by atoms with van der Waals surface area (Å²) in [6.45, 7) is 5.41. The molecule has 0 spiro atoms. The lowest BCUT2D eigenvalue weighted by atomic mass is 10.1. The molecule has 4 nitrogen and oxygen atoms in total. The normalized spacial score (nSPS) is 11.0. The van der Waals surface area contributed by atoms with Gasteiger partial charge >= 0.3 is 11.9 Å². The van der Waals surface area contributed by atoms with E-state index in [-0.39, 0.29) is 23.0 Å². The van der Waals surface area contributed by atoms with Gasteiger partial charge in [0.05, 0.1) is 24.1 Å². The van der Waals surface area contributed by atoms with Crippen LogP contribution in [0.25, 0.3) is 0 Å². The molecular weight excluding hydrogens is 268 g/mol. The third-order valence-electron chi connectivity index (χ3n) is 2.21. The van der Waals surface area contributed by atoms with Crippen LogP contribution in [0.5, 0.6) is 0 Å². The van der Waals surface area contributed by atoms with Crippen molar-refractivity contribution in [3.8, 4) is 0 Å². The quantitative estimate of drug-likeness (QED) is 0.801. The summed E-state index contributed by atoms with van der Waals surface area (Å²) in [6.07, 6.45) is 0.110. The number of ether oxygens (including phenoxy) is 2. The first-order valence-corrected chi connectivity index (χ1v) is 6.19. The predicted molar refractivity (Wildman–Crippen MR) is 72.3 cm³/mol. The summed E-state index contributed by atoms with van der Waals surface area (Å²) in [4.78, 5) is 23.0. The average molecular weight is 285 g/mol. The average Bonchev–Trinajstić information content (AvgIpc) is 2.25. The number of carbonyl (C=O) groups is 2. The van der Waals surface area contributed by atoms with E-state index in [1.165, 1.54) is 13.2 Å². The maximum atomic E-state index is 11.7. The Bertz CT molecular complexity index is 489. The van der Waals surface area contributed by atoms with Crippen LogP contribution in [-0.4, -0.2) is 24.6 Å². The molecule has 1 aromatic rings. The molecule has 0 radical (unpaired) electrons. The van der Waals surface area contributed by atoms with Crippen LogP contribution in [0.4, 0.5) is 0 Å². The number of esters is 2. The molecule has 5 heteroatoms. The fourth-order valence-electron chi connectivity index (χ4n) is 1.49. The van der Waals surface area contributed by atoms with Gasteiger partial charge in [-0.25, -0.2) is 4.79 Å². The number of hydrogen-bond donors (Lipinski definition) is 0. The van der Waals surface area contributed by atoms with Crippen molar-refractivity contribution in [1.29, 1.82) is 0 Å². The van der Waals surface area contributed by atoms with Crippen molar-refractivity contribution in [3.05, 3.63) is 34.3 Å². The summed E-state index contributed by atoms with van der Waals surface area (Å²) in [5.74, 6) is -0.844. The van der Waals surface area contributed by atoms with E-state index in [1.807, 2.05) is 0 Å². The zero-order chi connectivity index (χ0) is 14.6. The van der Waals surface area contributed by atoms with Crippen LogP contribution in [0, 0.1) is 0 Å². The predicted octanol–water partition coefficient (Wildman–Crippen LogP) is 3.01. The highest BCUT2D eigenvalue weighted by molar-refractivity contribution is 6.33. The van der Waals surface area contributed by atoms with Crippen molar-refractivity contribution in [3.63, 3.8) is 0 Å². The molecule has 0 saturated carbocycles. The second kappa shape index (κ2) is 6.06. The summed E-state index contributed by atoms with van der Waals surface area (Å²) >= 11 is 5.97. The van der Waals surface area contributed by atoms with Crippen molar-refractivity contribution < 1.29 is 19.1 Å². The van der Waals surface area contributed by atoms with E-state index in [0.717, 1.165) is 0 Å². The van der Waals surface area contributed by atoms with E-state index in [4.69, 9.17) is 16.3 Å². The number of carbonyl (C=O) groups excluding carboxylic acids is 2. The Morgan fingerprint density at radius 3 is 2.37 bits per heavy atom. The van der Waals surface area contributed by atoms with E-state index < -0.39 is 11.6 Å². The Labute approximate surface area is 117 Å². The third-order valence-corrected chi connectivity index (χ3v) is 2.52. The lowest BCUT2D eigenvalue weighted by Crippen LogP contribution is -2.24. The minimum absolute atomic E-state index is 0.110. The van der Waals surface area contributed by atoms with Crippen molar-refractivity contribution >= 4 is 23.5 Å². The van der Waals surface area contributed by atoms with Crippen LogP contribution < -0.4 is 0 Å². The summed E-state index contributed by atoms with van der Waals surface area (Å²) in [5, 5.41) is 0.257. The highest BCUT2D eigenvalue weighted by Crippen LogP contribution is 2.20. The molecule has 0 aliphatic rings. The molecule has 0 amide bonds. The molecule has 0 fully saturated rings. The lowest BCUT2D eigenvalue weighted by molar-refractivity contribution is -0.153. The van der Waals surface area contributed by atoms with E-state index in [1.54, 1.807) is 32.9 Å². The zero-order valence-corrected chi connectivity index (χ0v) is 12.2. The molecule has 0 heterocycles. The molecule has 0 saturated heterocycles. The van der Waals surface area contributed by atoms with Crippen molar-refractivity contribution in [2.24, 2.45) is 0 Å². The summed E-state index contributed by atoms with van der Waals surface area (Å²) in [6, 6.07) is 4.76. The van der Waals surface area contributed by atoms with E-state index in [9.17, 15) is 9.59 Å². The Morgan fingerprint density at radius 1 is 1.26 bits per heavy atom. The van der Waals surface area contributed by atoms with Crippen LogP contribution in [0.2, 0.25) is 5.02 Å². The highest BCUT2D eigenvalue weighted by atomic mass is 35.5. The number of methoxy groups -OCH3 is 1. The van der Waals surface area contributed by atoms with Crippen LogP contribution >= 0.6 is 11.6 Å². The molecule has 0 aliphatic heterocycles. The van der Waals surface area contributed by atoms with Crippen LogP contribution in [0.3, 0.4) is 0 Å². The van der Waals surface area contributed by atoms with Gasteiger partial charge in [-0.2, -0.15) is 0 Å². The Hall–Kier alpha value is -1.55. The van der Waals surface area contributed by atoms with Gasteiger partial charge in [0.15, 0.2) is 0 Å². The second-order valence-electron chi connectivity index (χ2n) is 5.07. The fourth-order valence-corrected chi connectivity index (χ4v) is 1.77. The molecule has 1 aromatic carbocycles. The first kappa shape index (κ1) is 15.5. The molecule has 104 valence electrons. The number of halogens is 1. The first-order valence-electron chi connectivity index (χ1n) is 5.81. The van der Waals surface area contributed by atoms with Crippen molar-refractivity contribution in [1.82, 2.24) is 0 Å². The molecule has 0 aromatic heterocycles. The minimum Gasteiger partial charge on any atom is -0.465 e. The molecule has 0 bridgehead atoms. The van der Waals surface area contributed by atoms with Gasteiger partial charge in [0.2, 0.25) is 0 Å². The van der Waals surface area contributed by atoms with Gasteiger partial charge in [-0.3, -0.25) is 4.79 Å². The van der Waals surface area contributed by atoms with Gasteiger partial charge in [-0.05, 0) is 38.5 Å². The molecule has 0 unspecified atom stereocenters. The van der Waals surface area contributed by atoms with Gasteiger partial charge < -0.3 is 9.47 Å². The molecule has 1 rings (SSSR count). The van der Waals surface area contributed by atoms with Gasteiger partial charge in [0, 0.05) is 0 Å². The van der Waals surface area contributed by atoms with E-state index in [2.05, 4.69) is 4.74 Å². The monoisotopic (exact) mass is 284 g/mol. The smallest absolute Gasteiger partial charge is 0.339 e. The Kier molecular flexibility index (Phi) is 4.95. The van der Waals surface area contributed by atoms with Crippen molar-refractivity contribution in [2.45, 2.75) is 32.8 Å². The van der Waals surface area contributed by atoms with Crippen molar-refractivity contribution in [2.75, 3.05) is 7.11 Å². The standard InChI is InChI=1S/C14H17ClO4/c1-14(2,3)19-12(16)8-9-5-6-10(11(15)7-9)13(17)18-4/h5-7H,8H2,1-4H3. The Balaban J connectivity index is 2.79. The van der Waals surface area contributed by atoms with Crippen LogP contribution in [-0.2, 0) is 20.7 Å². The molecule has 19 heavy (non-hydrogen) atoms. The summed E-state index contributed by atoms with van der Waals surface area (Å²) < 4.78 is 9.80. The largest absolute Gasteiger partial charge is 0.465 e. The van der Waals surface area contributed by atoms with Gasteiger partial charge in [0.1, 0.15) is 5.60 Å². The number of rotatable bonds is 3. The van der Waals surface area contributed by atoms with Gasteiger partial charge in [-0.15, -0.1) is 0 Å². The van der Waals surface area contributed by atoms with Crippen LogP contribution in [0.15, 0.2) is 18.2 Å². The summed E-state index contributed by atoms with van der Waals surface area (Å²) in [5.41, 5.74) is 0.441. The maximum absolute atomic E-state index is 11.7. The molecule has 0 aliphatic carbocycles. The number of hydrogen-bond acceptors (Lipinski definition) is 4.